The van der Waals surface area contributed by atoms with Crippen molar-refractivity contribution in [2.75, 3.05) is 24.2 Å². The number of nitrogens with zero attached hydrogens (tertiary/aromatic N) is 4. The van der Waals surface area contributed by atoms with Crippen LogP contribution in [0.3, 0.4) is 0 Å². The Morgan fingerprint density at radius 3 is 2.64 bits per heavy atom. The number of para-hydroxylation sites is 1. The van der Waals surface area contributed by atoms with E-state index in [0.29, 0.717) is 29.3 Å². The van der Waals surface area contributed by atoms with Gasteiger partial charge in [0.15, 0.2) is 5.82 Å². The highest BCUT2D eigenvalue weighted by Gasteiger charge is 2.21. The van der Waals surface area contributed by atoms with Crippen LogP contribution in [0.4, 0.5) is 16.0 Å². The fourth-order valence-corrected chi connectivity index (χ4v) is 4.02. The van der Waals surface area contributed by atoms with Gasteiger partial charge in [0.2, 0.25) is 0 Å². The standard InChI is InChI=1S/C26H26FN7O.H2S/c1-15(18-4-3-5-19-24(26(35)28-2)20(27)13-31-25(18)19)11-29-23-10-21(32-14-33-23)16-6-9-22(30-12-16)34-17-7-8-17;/h3-6,9-10,12-15,17H,7-8,11H2,1-2H3,(H,28,35)(H,30,34)(H,29,32,33);1H2/t15-;/m1./s1. The molecule has 1 saturated carbocycles. The van der Waals surface area contributed by atoms with Crippen molar-refractivity contribution in [3.8, 4) is 11.3 Å². The van der Waals surface area contributed by atoms with Crippen LogP contribution < -0.4 is 16.0 Å². The Kier molecular flexibility index (Phi) is 7.64. The minimum atomic E-state index is -0.640. The first kappa shape index (κ1) is 25.3. The van der Waals surface area contributed by atoms with Crippen LogP contribution in [0.1, 0.15) is 41.6 Å². The van der Waals surface area contributed by atoms with Crippen LogP contribution in [-0.4, -0.2) is 45.5 Å². The topological polar surface area (TPSA) is 105 Å². The number of pyridine rings is 2. The van der Waals surface area contributed by atoms with Gasteiger partial charge in [-0.15, -0.1) is 0 Å². The predicted octanol–water partition coefficient (Wildman–Crippen LogP) is 4.49. The van der Waals surface area contributed by atoms with Gasteiger partial charge >= 0.3 is 0 Å². The van der Waals surface area contributed by atoms with Gasteiger partial charge in [-0.3, -0.25) is 9.78 Å². The van der Waals surface area contributed by atoms with Crippen LogP contribution in [0.5, 0.6) is 0 Å². The van der Waals surface area contributed by atoms with E-state index in [2.05, 4.69) is 35.9 Å². The molecule has 186 valence electrons. The number of benzene rings is 1. The first-order valence-corrected chi connectivity index (χ1v) is 11.6. The second-order valence-corrected chi connectivity index (χ2v) is 8.72. The molecule has 36 heavy (non-hydrogen) atoms. The number of hydrogen-bond acceptors (Lipinski definition) is 7. The average Bonchev–Trinajstić information content (AvgIpc) is 3.71. The van der Waals surface area contributed by atoms with E-state index >= 15 is 0 Å². The van der Waals surface area contributed by atoms with E-state index in [0.717, 1.165) is 28.8 Å². The van der Waals surface area contributed by atoms with E-state index in [1.807, 2.05) is 43.5 Å². The second-order valence-electron chi connectivity index (χ2n) is 8.72. The lowest BCUT2D eigenvalue weighted by atomic mass is 9.96. The van der Waals surface area contributed by atoms with Gasteiger partial charge in [0, 0.05) is 48.8 Å². The zero-order valence-corrected chi connectivity index (χ0v) is 21.0. The van der Waals surface area contributed by atoms with Crippen molar-refractivity contribution in [1.82, 2.24) is 25.3 Å². The maximum Gasteiger partial charge on any atom is 0.254 e. The average molecular weight is 506 g/mol. The molecule has 3 aromatic heterocycles. The number of anilines is 2. The lowest BCUT2D eigenvalue weighted by Crippen LogP contribution is -2.20. The van der Waals surface area contributed by atoms with Gasteiger partial charge in [-0.2, -0.15) is 13.5 Å². The zero-order valence-electron chi connectivity index (χ0n) is 20.0. The summed E-state index contributed by atoms with van der Waals surface area (Å²) in [5, 5.41) is 9.73. The molecule has 1 atom stereocenters. The van der Waals surface area contributed by atoms with Crippen LogP contribution in [0.15, 0.2) is 55.1 Å². The highest BCUT2D eigenvalue weighted by atomic mass is 32.1. The van der Waals surface area contributed by atoms with Gasteiger partial charge in [0.25, 0.3) is 5.91 Å². The van der Waals surface area contributed by atoms with Crippen LogP contribution >= 0.6 is 13.5 Å². The van der Waals surface area contributed by atoms with Crippen LogP contribution in [-0.2, 0) is 0 Å². The number of halogens is 1. The lowest BCUT2D eigenvalue weighted by Gasteiger charge is -2.17. The van der Waals surface area contributed by atoms with E-state index in [-0.39, 0.29) is 25.0 Å². The number of rotatable bonds is 8. The number of hydrogen-bond donors (Lipinski definition) is 3. The summed E-state index contributed by atoms with van der Waals surface area (Å²) in [4.78, 5) is 29.8. The Morgan fingerprint density at radius 2 is 1.92 bits per heavy atom. The highest BCUT2D eigenvalue weighted by molar-refractivity contribution is 7.59. The summed E-state index contributed by atoms with van der Waals surface area (Å²) in [6.07, 6.45) is 6.83. The zero-order chi connectivity index (χ0) is 24.4. The monoisotopic (exact) mass is 505 g/mol. The van der Waals surface area contributed by atoms with E-state index in [1.165, 1.54) is 26.2 Å². The molecule has 0 radical (unpaired) electrons. The molecule has 1 aromatic carbocycles. The van der Waals surface area contributed by atoms with Crippen molar-refractivity contribution < 1.29 is 9.18 Å². The molecule has 1 fully saturated rings. The molecule has 0 bridgehead atoms. The number of amides is 1. The van der Waals surface area contributed by atoms with Crippen molar-refractivity contribution in [2.24, 2.45) is 0 Å². The minimum absolute atomic E-state index is 0. The number of nitrogens with one attached hydrogen (secondary N) is 3. The summed E-state index contributed by atoms with van der Waals surface area (Å²) in [5.74, 6) is 0.464. The Hall–Kier alpha value is -3.79. The van der Waals surface area contributed by atoms with Gasteiger partial charge in [-0.1, -0.05) is 25.1 Å². The van der Waals surface area contributed by atoms with Gasteiger partial charge in [-0.25, -0.2) is 19.3 Å². The maximum atomic E-state index is 14.4. The molecule has 3 heterocycles. The summed E-state index contributed by atoms with van der Waals surface area (Å²) in [6, 6.07) is 11.9. The summed E-state index contributed by atoms with van der Waals surface area (Å²) in [7, 11) is 1.48. The van der Waals surface area contributed by atoms with Crippen LogP contribution in [0.25, 0.3) is 22.2 Å². The molecule has 3 N–H and O–H groups in total. The van der Waals surface area contributed by atoms with Crippen molar-refractivity contribution in [2.45, 2.75) is 31.7 Å². The molecular formula is C26H28FN7OS. The normalized spacial score (nSPS) is 13.5. The lowest BCUT2D eigenvalue weighted by molar-refractivity contribution is 0.0960. The van der Waals surface area contributed by atoms with E-state index in [9.17, 15) is 9.18 Å². The molecule has 0 unspecified atom stereocenters. The Morgan fingerprint density at radius 1 is 1.08 bits per heavy atom. The van der Waals surface area contributed by atoms with Gasteiger partial charge in [0.1, 0.15) is 18.0 Å². The van der Waals surface area contributed by atoms with Crippen molar-refractivity contribution >= 4 is 41.9 Å². The van der Waals surface area contributed by atoms with Gasteiger partial charge < -0.3 is 16.0 Å². The molecule has 10 heteroatoms. The van der Waals surface area contributed by atoms with Gasteiger partial charge in [-0.05, 0) is 30.5 Å². The molecule has 8 nitrogen and oxygen atoms in total. The Labute approximate surface area is 215 Å². The van der Waals surface area contributed by atoms with Crippen molar-refractivity contribution in [3.05, 3.63) is 72.1 Å². The summed E-state index contributed by atoms with van der Waals surface area (Å²) in [6.45, 7) is 2.61. The third kappa shape index (κ3) is 5.38. The highest BCUT2D eigenvalue weighted by Crippen LogP contribution is 2.28. The largest absolute Gasteiger partial charge is 0.369 e. The minimum Gasteiger partial charge on any atom is -0.369 e. The summed E-state index contributed by atoms with van der Waals surface area (Å²) < 4.78 is 14.4. The molecule has 4 aromatic rings. The van der Waals surface area contributed by atoms with Crippen molar-refractivity contribution in [3.63, 3.8) is 0 Å². The van der Waals surface area contributed by atoms with Crippen LogP contribution in [0.2, 0.25) is 0 Å². The fraction of sp³-hybridized carbons (Fsp3) is 0.269. The summed E-state index contributed by atoms with van der Waals surface area (Å²) >= 11 is 0. The molecule has 1 amide bonds. The smallest absolute Gasteiger partial charge is 0.254 e. The maximum absolute atomic E-state index is 14.4. The molecule has 0 aliphatic heterocycles. The first-order valence-electron chi connectivity index (χ1n) is 11.6. The first-order chi connectivity index (χ1) is 17.0. The van der Waals surface area contributed by atoms with Crippen LogP contribution in [0, 0.1) is 5.82 Å². The third-order valence-electron chi connectivity index (χ3n) is 6.11. The fourth-order valence-electron chi connectivity index (χ4n) is 4.02. The molecular weight excluding hydrogens is 477 g/mol. The van der Waals surface area contributed by atoms with E-state index < -0.39 is 11.7 Å². The number of carbonyl (C=O) groups excluding carboxylic acids is 1. The van der Waals surface area contributed by atoms with E-state index in [1.54, 1.807) is 6.07 Å². The Bertz CT molecular complexity index is 1380. The quantitative estimate of drug-likeness (QED) is 0.324. The summed E-state index contributed by atoms with van der Waals surface area (Å²) in [5.41, 5.74) is 3.21. The second kappa shape index (κ2) is 10.9. The predicted molar refractivity (Wildman–Crippen MR) is 144 cm³/mol. The van der Waals surface area contributed by atoms with Gasteiger partial charge in [0.05, 0.1) is 23.0 Å². The number of carbonyl (C=O) groups is 1. The van der Waals surface area contributed by atoms with E-state index in [4.69, 9.17) is 0 Å². The molecule has 0 saturated heterocycles. The molecule has 1 aliphatic carbocycles. The number of aromatic nitrogens is 4. The molecule has 1 aliphatic rings. The number of fused-ring (bicyclic) bond motifs is 1. The molecule has 5 rings (SSSR count). The molecule has 0 spiro atoms. The Balaban J connectivity index is 0.00000304. The third-order valence-corrected chi connectivity index (χ3v) is 6.11. The SMILES string of the molecule is CNC(=O)c1c(F)cnc2c([C@H](C)CNc3cc(-c4ccc(NC5CC5)nc4)ncn3)cccc12.S. The van der Waals surface area contributed by atoms with Crippen molar-refractivity contribution in [1.29, 1.82) is 0 Å².